The number of hydrogen-bond donors (Lipinski definition) is 3. The number of aromatic nitrogens is 1. The largest absolute Gasteiger partial charge is 0.357 e. The summed E-state index contributed by atoms with van der Waals surface area (Å²) < 4.78 is 0. The van der Waals surface area contributed by atoms with Crippen molar-refractivity contribution >= 4 is 34.0 Å². The highest BCUT2D eigenvalue weighted by atomic mass is 32.1. The first-order valence-corrected chi connectivity index (χ1v) is 9.97. The molecule has 27 heavy (non-hydrogen) atoms. The van der Waals surface area contributed by atoms with Gasteiger partial charge in [0.2, 0.25) is 5.91 Å². The number of para-hydroxylation sites is 1. The number of aliphatic imine (C=N–C) groups is 1. The van der Waals surface area contributed by atoms with Gasteiger partial charge < -0.3 is 20.9 Å². The Morgan fingerprint density at radius 2 is 2.19 bits per heavy atom. The number of guanidine groups is 1. The summed E-state index contributed by atoms with van der Waals surface area (Å²) in [6.45, 7) is 3.97. The van der Waals surface area contributed by atoms with Gasteiger partial charge in [0.15, 0.2) is 11.1 Å². The van der Waals surface area contributed by atoms with E-state index in [1.807, 2.05) is 49.5 Å². The van der Waals surface area contributed by atoms with Gasteiger partial charge in [0.1, 0.15) is 0 Å². The Hall–Kier alpha value is -2.61. The van der Waals surface area contributed by atoms with Crippen LogP contribution in [0.3, 0.4) is 0 Å². The number of thiazole rings is 1. The first-order chi connectivity index (χ1) is 13.1. The van der Waals surface area contributed by atoms with Gasteiger partial charge in [0.25, 0.3) is 0 Å². The van der Waals surface area contributed by atoms with Gasteiger partial charge in [-0.3, -0.25) is 4.79 Å². The first-order valence-electron chi connectivity index (χ1n) is 9.09. The van der Waals surface area contributed by atoms with Crippen LogP contribution >= 0.6 is 11.3 Å². The summed E-state index contributed by atoms with van der Waals surface area (Å²) in [6, 6.07) is 7.97. The molecule has 0 saturated heterocycles. The molecule has 0 radical (unpaired) electrons. The Morgan fingerprint density at radius 1 is 1.37 bits per heavy atom. The van der Waals surface area contributed by atoms with Gasteiger partial charge >= 0.3 is 0 Å². The van der Waals surface area contributed by atoms with Gasteiger partial charge in [-0.05, 0) is 18.6 Å². The van der Waals surface area contributed by atoms with E-state index in [2.05, 4.69) is 32.0 Å². The third kappa shape index (κ3) is 4.97. The predicted octanol–water partition coefficient (Wildman–Crippen LogP) is 2.39. The van der Waals surface area contributed by atoms with Crippen LogP contribution in [0.5, 0.6) is 0 Å². The summed E-state index contributed by atoms with van der Waals surface area (Å²) in [6.07, 6.45) is 0.474. The lowest BCUT2D eigenvalue weighted by Gasteiger charge is -2.26. The van der Waals surface area contributed by atoms with Crippen molar-refractivity contribution < 1.29 is 4.79 Å². The third-order valence-corrected chi connectivity index (χ3v) is 5.35. The maximum atomic E-state index is 12.0. The maximum Gasteiger partial charge on any atom is 0.225 e. The molecule has 144 valence electrons. The fraction of sp³-hybridized carbons (Fsp3) is 0.421. The van der Waals surface area contributed by atoms with Crippen LogP contribution < -0.4 is 20.9 Å². The summed E-state index contributed by atoms with van der Waals surface area (Å²) in [4.78, 5) is 23.2. The van der Waals surface area contributed by atoms with Crippen molar-refractivity contribution in [2.24, 2.45) is 4.99 Å². The molecule has 0 fully saturated rings. The second-order valence-corrected chi connectivity index (χ2v) is 7.46. The highest BCUT2D eigenvalue weighted by molar-refractivity contribution is 7.13. The number of carbonyl (C=O) groups is 1. The minimum absolute atomic E-state index is 0.0566. The van der Waals surface area contributed by atoms with E-state index in [9.17, 15) is 4.79 Å². The molecule has 0 aliphatic carbocycles. The number of nitrogens with one attached hydrogen (secondary N) is 3. The lowest BCUT2D eigenvalue weighted by Crippen LogP contribution is -2.40. The minimum Gasteiger partial charge on any atom is -0.357 e. The van der Waals surface area contributed by atoms with Gasteiger partial charge in [-0.15, -0.1) is 11.3 Å². The number of hydrogen-bond acceptors (Lipinski definition) is 5. The Kier molecular flexibility index (Phi) is 6.28. The van der Waals surface area contributed by atoms with Crippen LogP contribution in [0, 0.1) is 0 Å². The van der Waals surface area contributed by atoms with E-state index in [-0.39, 0.29) is 11.8 Å². The summed E-state index contributed by atoms with van der Waals surface area (Å²) in [5.74, 6) is 0.917. The standard InChI is InChI=1S/C19H26N6OS/c1-4-20-18(22-11-14-12-27-19(23-14)25(2)3)21-10-13-9-17(26)24-16-8-6-5-7-15(13)16/h5-8,12-13H,4,9-11H2,1-3H3,(H,24,26)(H2,20,21,22). The molecule has 1 aromatic carbocycles. The zero-order valence-electron chi connectivity index (χ0n) is 16.0. The molecule has 3 rings (SSSR count). The van der Waals surface area contributed by atoms with Crippen molar-refractivity contribution in [3.63, 3.8) is 0 Å². The van der Waals surface area contributed by atoms with Gasteiger partial charge in [-0.25, -0.2) is 9.98 Å². The summed E-state index contributed by atoms with van der Waals surface area (Å²) in [5.41, 5.74) is 3.01. The molecule has 1 atom stereocenters. The quantitative estimate of drug-likeness (QED) is 0.525. The molecule has 1 amide bonds. The van der Waals surface area contributed by atoms with Crippen molar-refractivity contribution in [2.45, 2.75) is 25.8 Å². The van der Waals surface area contributed by atoms with Gasteiger partial charge in [-0.1, -0.05) is 18.2 Å². The van der Waals surface area contributed by atoms with Gasteiger partial charge in [-0.2, -0.15) is 0 Å². The van der Waals surface area contributed by atoms with E-state index >= 15 is 0 Å². The molecule has 2 heterocycles. The third-order valence-electron chi connectivity index (χ3n) is 4.29. The van der Waals surface area contributed by atoms with Gasteiger partial charge in [0.05, 0.1) is 12.2 Å². The summed E-state index contributed by atoms with van der Waals surface area (Å²) in [5, 5.41) is 12.6. The molecule has 0 spiro atoms. The normalized spacial score (nSPS) is 16.5. The number of amides is 1. The zero-order valence-corrected chi connectivity index (χ0v) is 16.8. The van der Waals surface area contributed by atoms with Crippen molar-refractivity contribution in [1.82, 2.24) is 15.6 Å². The van der Waals surface area contributed by atoms with Crippen LogP contribution in [-0.2, 0) is 11.3 Å². The molecule has 0 saturated carbocycles. The molecular formula is C19H26N6OS. The number of rotatable bonds is 6. The van der Waals surface area contributed by atoms with Crippen LogP contribution in [0.2, 0.25) is 0 Å². The van der Waals surface area contributed by atoms with E-state index in [1.54, 1.807) is 11.3 Å². The molecule has 3 N–H and O–H groups in total. The highest BCUT2D eigenvalue weighted by Gasteiger charge is 2.24. The van der Waals surface area contributed by atoms with E-state index in [4.69, 9.17) is 0 Å². The minimum atomic E-state index is 0.0566. The molecule has 1 aromatic heterocycles. The van der Waals surface area contributed by atoms with E-state index in [0.717, 1.165) is 34.6 Å². The Morgan fingerprint density at radius 3 is 2.93 bits per heavy atom. The van der Waals surface area contributed by atoms with Crippen molar-refractivity contribution in [2.75, 3.05) is 37.4 Å². The number of fused-ring (bicyclic) bond motifs is 1. The van der Waals surface area contributed by atoms with Crippen LogP contribution in [0.25, 0.3) is 0 Å². The van der Waals surface area contributed by atoms with Crippen molar-refractivity contribution in [1.29, 1.82) is 0 Å². The average molecular weight is 387 g/mol. The molecule has 1 aliphatic heterocycles. The van der Waals surface area contributed by atoms with E-state index < -0.39 is 0 Å². The fourth-order valence-electron chi connectivity index (χ4n) is 2.98. The Bertz CT molecular complexity index is 816. The molecule has 1 aliphatic rings. The monoisotopic (exact) mass is 386 g/mol. The Balaban J connectivity index is 1.65. The topological polar surface area (TPSA) is 81.7 Å². The average Bonchev–Trinajstić information content (AvgIpc) is 3.13. The lowest BCUT2D eigenvalue weighted by atomic mass is 9.90. The van der Waals surface area contributed by atoms with Crippen LogP contribution in [-0.4, -0.2) is 44.0 Å². The van der Waals surface area contributed by atoms with E-state index in [0.29, 0.717) is 19.5 Å². The fourth-order valence-corrected chi connectivity index (χ4v) is 3.73. The van der Waals surface area contributed by atoms with Crippen molar-refractivity contribution in [3.05, 3.63) is 40.9 Å². The lowest BCUT2D eigenvalue weighted by molar-refractivity contribution is -0.116. The van der Waals surface area contributed by atoms with Crippen LogP contribution in [0.15, 0.2) is 34.6 Å². The predicted molar refractivity (Wildman–Crippen MR) is 112 cm³/mol. The highest BCUT2D eigenvalue weighted by Crippen LogP contribution is 2.31. The molecule has 7 nitrogen and oxygen atoms in total. The molecule has 2 aromatic rings. The van der Waals surface area contributed by atoms with Gasteiger partial charge in [0, 0.05) is 50.6 Å². The zero-order chi connectivity index (χ0) is 19.2. The smallest absolute Gasteiger partial charge is 0.225 e. The maximum absolute atomic E-state index is 12.0. The van der Waals surface area contributed by atoms with Crippen molar-refractivity contribution in [3.8, 4) is 0 Å². The summed E-state index contributed by atoms with van der Waals surface area (Å²) >= 11 is 1.61. The Labute approximate surface area is 163 Å². The first kappa shape index (κ1) is 19.2. The van der Waals surface area contributed by atoms with E-state index in [1.165, 1.54) is 0 Å². The van der Waals surface area contributed by atoms with Crippen LogP contribution in [0.4, 0.5) is 10.8 Å². The number of anilines is 2. The molecule has 0 bridgehead atoms. The van der Waals surface area contributed by atoms with Crippen LogP contribution in [0.1, 0.15) is 30.5 Å². The molecular weight excluding hydrogens is 360 g/mol. The SMILES string of the molecule is CCNC(=NCc1csc(N(C)C)n1)NCC1CC(=O)Nc2ccccc21. The second-order valence-electron chi connectivity index (χ2n) is 6.63. The summed E-state index contributed by atoms with van der Waals surface area (Å²) in [7, 11) is 3.96. The number of carbonyl (C=O) groups excluding carboxylic acids is 1. The second kappa shape index (κ2) is 8.85. The molecule has 1 unspecified atom stereocenters. The molecule has 8 heteroatoms. The number of benzene rings is 1. The number of nitrogens with zero attached hydrogens (tertiary/aromatic N) is 3.